The number of hydrogen-bond donors (Lipinski definition) is 1. The zero-order valence-corrected chi connectivity index (χ0v) is 17.3. The third-order valence-electron chi connectivity index (χ3n) is 4.78. The molecule has 0 bridgehead atoms. The summed E-state index contributed by atoms with van der Waals surface area (Å²) in [5.74, 6) is 0.613. The minimum atomic E-state index is -0.249. The second kappa shape index (κ2) is 10.2. The lowest BCUT2D eigenvalue weighted by Crippen LogP contribution is -2.48. The molecule has 2 aromatic rings. The molecular weight excluding hydrogens is 390 g/mol. The SMILES string of the molecule is CCCC(=O)N1CCN(c2ccc(NC(=O)COc3ccccc3)cc2Cl)CC1. The van der Waals surface area contributed by atoms with Gasteiger partial charge in [-0.1, -0.05) is 36.7 Å². The minimum Gasteiger partial charge on any atom is -0.484 e. The summed E-state index contributed by atoms with van der Waals surface area (Å²) in [5.41, 5.74) is 1.53. The van der Waals surface area contributed by atoms with Gasteiger partial charge in [-0.05, 0) is 36.8 Å². The first-order valence-electron chi connectivity index (χ1n) is 9.87. The number of nitrogens with one attached hydrogen (secondary N) is 1. The molecular formula is C22H26ClN3O3. The van der Waals surface area contributed by atoms with Crippen LogP contribution in [0.1, 0.15) is 19.8 Å². The van der Waals surface area contributed by atoms with E-state index in [9.17, 15) is 9.59 Å². The van der Waals surface area contributed by atoms with Gasteiger partial charge in [0.1, 0.15) is 5.75 Å². The predicted molar refractivity (Wildman–Crippen MR) is 116 cm³/mol. The molecule has 0 atom stereocenters. The number of ether oxygens (including phenoxy) is 1. The van der Waals surface area contributed by atoms with Gasteiger partial charge in [-0.2, -0.15) is 0 Å². The molecule has 0 saturated carbocycles. The number of piperazine rings is 1. The average molecular weight is 416 g/mol. The summed E-state index contributed by atoms with van der Waals surface area (Å²) < 4.78 is 5.45. The molecule has 2 aromatic carbocycles. The molecule has 29 heavy (non-hydrogen) atoms. The molecule has 7 heteroatoms. The van der Waals surface area contributed by atoms with Gasteiger partial charge < -0.3 is 19.9 Å². The smallest absolute Gasteiger partial charge is 0.262 e. The Balaban J connectivity index is 1.52. The van der Waals surface area contributed by atoms with Crippen molar-refractivity contribution in [2.45, 2.75) is 19.8 Å². The van der Waals surface area contributed by atoms with Crippen molar-refractivity contribution in [1.29, 1.82) is 0 Å². The summed E-state index contributed by atoms with van der Waals surface area (Å²) >= 11 is 6.46. The van der Waals surface area contributed by atoms with E-state index in [-0.39, 0.29) is 18.4 Å². The van der Waals surface area contributed by atoms with Crippen LogP contribution >= 0.6 is 11.6 Å². The van der Waals surface area contributed by atoms with Gasteiger partial charge >= 0.3 is 0 Å². The van der Waals surface area contributed by atoms with E-state index >= 15 is 0 Å². The fraction of sp³-hybridized carbons (Fsp3) is 0.364. The van der Waals surface area contributed by atoms with Gasteiger partial charge in [0.2, 0.25) is 5.91 Å². The van der Waals surface area contributed by atoms with E-state index < -0.39 is 0 Å². The van der Waals surface area contributed by atoms with Crippen LogP contribution in [0.2, 0.25) is 5.02 Å². The molecule has 0 radical (unpaired) electrons. The molecule has 0 aromatic heterocycles. The number of nitrogens with zero attached hydrogens (tertiary/aromatic N) is 2. The van der Waals surface area contributed by atoms with E-state index in [2.05, 4.69) is 10.2 Å². The highest BCUT2D eigenvalue weighted by molar-refractivity contribution is 6.33. The highest BCUT2D eigenvalue weighted by Crippen LogP contribution is 2.29. The minimum absolute atomic E-state index is 0.0723. The van der Waals surface area contributed by atoms with Crippen molar-refractivity contribution in [2.24, 2.45) is 0 Å². The van der Waals surface area contributed by atoms with Crippen molar-refractivity contribution in [2.75, 3.05) is 43.0 Å². The first kappa shape index (κ1) is 21.0. The number of carbonyl (C=O) groups excluding carboxylic acids is 2. The van der Waals surface area contributed by atoms with E-state index in [1.807, 2.05) is 42.2 Å². The molecule has 1 heterocycles. The van der Waals surface area contributed by atoms with Gasteiger partial charge in [0.25, 0.3) is 5.91 Å². The molecule has 2 amide bonds. The number of benzene rings is 2. The Kier molecular flexibility index (Phi) is 7.36. The number of hydrogen-bond acceptors (Lipinski definition) is 4. The number of amides is 2. The van der Waals surface area contributed by atoms with Crippen molar-refractivity contribution in [1.82, 2.24) is 4.90 Å². The van der Waals surface area contributed by atoms with Crippen molar-refractivity contribution in [3.8, 4) is 5.75 Å². The number of halogens is 1. The molecule has 6 nitrogen and oxygen atoms in total. The van der Waals surface area contributed by atoms with E-state index in [1.54, 1.807) is 18.2 Å². The van der Waals surface area contributed by atoms with Crippen molar-refractivity contribution in [3.05, 3.63) is 53.6 Å². The summed E-state index contributed by atoms with van der Waals surface area (Å²) in [6.07, 6.45) is 1.47. The monoisotopic (exact) mass is 415 g/mol. The third kappa shape index (κ3) is 5.87. The van der Waals surface area contributed by atoms with Crippen LogP contribution in [-0.2, 0) is 9.59 Å². The number of anilines is 2. The Morgan fingerprint density at radius 2 is 1.79 bits per heavy atom. The Morgan fingerprint density at radius 1 is 1.07 bits per heavy atom. The Hall–Kier alpha value is -2.73. The second-order valence-electron chi connectivity index (χ2n) is 6.93. The van der Waals surface area contributed by atoms with Crippen molar-refractivity contribution >= 4 is 34.8 Å². The maximum Gasteiger partial charge on any atom is 0.262 e. The van der Waals surface area contributed by atoms with E-state index in [0.29, 0.717) is 36.0 Å². The maximum absolute atomic E-state index is 12.1. The highest BCUT2D eigenvalue weighted by Gasteiger charge is 2.22. The van der Waals surface area contributed by atoms with Crippen LogP contribution in [0.4, 0.5) is 11.4 Å². The fourth-order valence-electron chi connectivity index (χ4n) is 3.27. The number of para-hydroxylation sites is 1. The molecule has 1 fully saturated rings. The normalized spacial score (nSPS) is 13.9. The van der Waals surface area contributed by atoms with Crippen molar-refractivity contribution < 1.29 is 14.3 Å². The summed E-state index contributed by atoms with van der Waals surface area (Å²) in [6.45, 7) is 4.83. The topological polar surface area (TPSA) is 61.9 Å². The van der Waals surface area contributed by atoms with E-state index in [0.717, 1.165) is 25.2 Å². The van der Waals surface area contributed by atoms with Crippen LogP contribution in [0, 0.1) is 0 Å². The number of rotatable bonds is 7. The molecule has 154 valence electrons. The predicted octanol–water partition coefficient (Wildman–Crippen LogP) is 3.81. The van der Waals surface area contributed by atoms with Gasteiger partial charge in [-0.3, -0.25) is 9.59 Å². The summed E-state index contributed by atoms with van der Waals surface area (Å²) in [5, 5.41) is 3.37. The molecule has 1 N–H and O–H groups in total. The third-order valence-corrected chi connectivity index (χ3v) is 5.08. The van der Waals surface area contributed by atoms with Crippen LogP contribution in [-0.4, -0.2) is 49.5 Å². The maximum atomic E-state index is 12.1. The Morgan fingerprint density at radius 3 is 2.45 bits per heavy atom. The molecule has 3 rings (SSSR count). The largest absolute Gasteiger partial charge is 0.484 e. The van der Waals surface area contributed by atoms with E-state index in [1.165, 1.54) is 0 Å². The van der Waals surface area contributed by atoms with Crippen LogP contribution in [0.15, 0.2) is 48.5 Å². The second-order valence-corrected chi connectivity index (χ2v) is 7.34. The zero-order valence-electron chi connectivity index (χ0n) is 16.6. The molecule has 1 aliphatic heterocycles. The highest BCUT2D eigenvalue weighted by atomic mass is 35.5. The van der Waals surface area contributed by atoms with Gasteiger partial charge in [0.05, 0.1) is 10.7 Å². The molecule has 0 aliphatic carbocycles. The van der Waals surface area contributed by atoms with Crippen LogP contribution in [0.25, 0.3) is 0 Å². The van der Waals surface area contributed by atoms with Gasteiger partial charge in [0, 0.05) is 38.3 Å². The average Bonchev–Trinajstić information content (AvgIpc) is 2.73. The van der Waals surface area contributed by atoms with Gasteiger partial charge in [-0.25, -0.2) is 0 Å². The quantitative estimate of drug-likeness (QED) is 0.747. The lowest BCUT2D eigenvalue weighted by Gasteiger charge is -2.36. The molecule has 0 unspecified atom stereocenters. The Labute approximate surface area is 176 Å². The van der Waals surface area contributed by atoms with Crippen LogP contribution < -0.4 is 15.0 Å². The van der Waals surface area contributed by atoms with Crippen molar-refractivity contribution in [3.63, 3.8) is 0 Å². The van der Waals surface area contributed by atoms with Gasteiger partial charge in [-0.15, -0.1) is 0 Å². The van der Waals surface area contributed by atoms with Crippen LogP contribution in [0.3, 0.4) is 0 Å². The van der Waals surface area contributed by atoms with Crippen LogP contribution in [0.5, 0.6) is 5.75 Å². The molecule has 0 spiro atoms. The first-order valence-corrected chi connectivity index (χ1v) is 10.2. The Bertz CT molecular complexity index is 836. The summed E-state index contributed by atoms with van der Waals surface area (Å²) in [4.78, 5) is 28.2. The fourth-order valence-corrected chi connectivity index (χ4v) is 3.57. The summed E-state index contributed by atoms with van der Waals surface area (Å²) in [7, 11) is 0. The lowest BCUT2D eigenvalue weighted by atomic mass is 10.2. The first-order chi connectivity index (χ1) is 14.1. The molecule has 1 aliphatic rings. The molecule has 1 saturated heterocycles. The standard InChI is InChI=1S/C22H26ClN3O3/c1-2-6-22(28)26-13-11-25(12-14-26)20-10-9-17(15-19(20)23)24-21(27)16-29-18-7-4-3-5-8-18/h3-5,7-10,15H,2,6,11-14,16H2,1H3,(H,24,27). The number of carbonyl (C=O) groups is 2. The summed E-state index contributed by atoms with van der Waals surface area (Å²) in [6, 6.07) is 14.7. The lowest BCUT2D eigenvalue weighted by molar-refractivity contribution is -0.131. The van der Waals surface area contributed by atoms with E-state index in [4.69, 9.17) is 16.3 Å². The van der Waals surface area contributed by atoms with Gasteiger partial charge in [0.15, 0.2) is 6.61 Å². The zero-order chi connectivity index (χ0) is 20.6.